The maximum Gasteiger partial charge on any atom is 0.142 e. The van der Waals surface area contributed by atoms with E-state index < -0.39 is 0 Å². The SMILES string of the molecule is COc1ccc(OC)c(Nc2ccc(N)c(CC#N)c2)c1. The summed E-state index contributed by atoms with van der Waals surface area (Å²) in [6.07, 6.45) is 0.274. The topological polar surface area (TPSA) is 80.3 Å². The molecular weight excluding hydrogens is 266 g/mol. The first-order valence-corrected chi connectivity index (χ1v) is 6.42. The summed E-state index contributed by atoms with van der Waals surface area (Å²) in [4.78, 5) is 0. The van der Waals surface area contributed by atoms with Gasteiger partial charge in [0, 0.05) is 17.4 Å². The normalized spacial score (nSPS) is 9.76. The fourth-order valence-corrected chi connectivity index (χ4v) is 1.99. The van der Waals surface area contributed by atoms with Gasteiger partial charge in [0.25, 0.3) is 0 Å². The summed E-state index contributed by atoms with van der Waals surface area (Å²) >= 11 is 0. The van der Waals surface area contributed by atoms with Crippen LogP contribution in [-0.4, -0.2) is 14.2 Å². The minimum absolute atomic E-state index is 0.274. The molecule has 0 radical (unpaired) electrons. The van der Waals surface area contributed by atoms with Crippen LogP contribution >= 0.6 is 0 Å². The monoisotopic (exact) mass is 283 g/mol. The summed E-state index contributed by atoms with van der Waals surface area (Å²) in [7, 11) is 3.22. The molecule has 0 atom stereocenters. The lowest BCUT2D eigenvalue weighted by atomic mass is 10.1. The zero-order chi connectivity index (χ0) is 15.2. The molecule has 0 aliphatic rings. The van der Waals surface area contributed by atoms with Crippen molar-refractivity contribution >= 4 is 17.1 Å². The van der Waals surface area contributed by atoms with Gasteiger partial charge in [-0.25, -0.2) is 0 Å². The lowest BCUT2D eigenvalue weighted by molar-refractivity contribution is 0.405. The first-order valence-electron chi connectivity index (χ1n) is 6.42. The first-order chi connectivity index (χ1) is 10.2. The molecule has 21 heavy (non-hydrogen) atoms. The molecular formula is C16H17N3O2. The van der Waals surface area contributed by atoms with Gasteiger partial charge in [-0.15, -0.1) is 0 Å². The van der Waals surface area contributed by atoms with Gasteiger partial charge in [-0.3, -0.25) is 0 Å². The molecule has 0 heterocycles. The lowest BCUT2D eigenvalue weighted by Gasteiger charge is -2.13. The highest BCUT2D eigenvalue weighted by molar-refractivity contribution is 5.70. The van der Waals surface area contributed by atoms with Crippen LogP contribution in [0, 0.1) is 11.3 Å². The highest BCUT2D eigenvalue weighted by Crippen LogP contribution is 2.32. The van der Waals surface area contributed by atoms with Crippen LogP contribution in [0.3, 0.4) is 0 Å². The molecule has 0 saturated carbocycles. The summed E-state index contributed by atoms with van der Waals surface area (Å²) in [5.41, 5.74) is 8.87. The Morgan fingerprint density at radius 3 is 2.62 bits per heavy atom. The van der Waals surface area contributed by atoms with Crippen molar-refractivity contribution in [3.05, 3.63) is 42.0 Å². The van der Waals surface area contributed by atoms with Gasteiger partial charge in [-0.05, 0) is 35.9 Å². The number of hydrogen-bond donors (Lipinski definition) is 2. The Bertz CT molecular complexity index is 678. The number of methoxy groups -OCH3 is 2. The predicted octanol–water partition coefficient (Wildman–Crippen LogP) is 3.10. The van der Waals surface area contributed by atoms with E-state index in [1.54, 1.807) is 20.3 Å². The van der Waals surface area contributed by atoms with Gasteiger partial charge in [0.05, 0.1) is 32.4 Å². The molecule has 5 nitrogen and oxygen atoms in total. The van der Waals surface area contributed by atoms with E-state index in [0.717, 1.165) is 22.7 Å². The van der Waals surface area contributed by atoms with Crippen molar-refractivity contribution in [3.63, 3.8) is 0 Å². The molecule has 0 unspecified atom stereocenters. The second-order valence-electron chi connectivity index (χ2n) is 4.44. The molecule has 5 heteroatoms. The number of nitrogens with one attached hydrogen (secondary N) is 1. The molecule has 3 N–H and O–H groups in total. The molecule has 0 aliphatic heterocycles. The van der Waals surface area contributed by atoms with E-state index >= 15 is 0 Å². The summed E-state index contributed by atoms with van der Waals surface area (Å²) in [6, 6.07) is 13.1. The average Bonchev–Trinajstić information content (AvgIpc) is 2.50. The zero-order valence-corrected chi connectivity index (χ0v) is 12.0. The van der Waals surface area contributed by atoms with Crippen LogP contribution in [0.4, 0.5) is 17.1 Å². The van der Waals surface area contributed by atoms with E-state index in [2.05, 4.69) is 11.4 Å². The summed E-state index contributed by atoms with van der Waals surface area (Å²) in [5.74, 6) is 1.43. The molecule has 0 bridgehead atoms. The van der Waals surface area contributed by atoms with Gasteiger partial charge < -0.3 is 20.5 Å². The average molecular weight is 283 g/mol. The Hall–Kier alpha value is -2.87. The quantitative estimate of drug-likeness (QED) is 0.824. The van der Waals surface area contributed by atoms with Crippen LogP contribution in [0.1, 0.15) is 5.56 Å². The number of anilines is 3. The number of hydrogen-bond acceptors (Lipinski definition) is 5. The highest BCUT2D eigenvalue weighted by Gasteiger charge is 2.07. The minimum atomic E-state index is 0.274. The Balaban J connectivity index is 2.33. The second kappa shape index (κ2) is 6.53. The van der Waals surface area contributed by atoms with Crippen molar-refractivity contribution in [3.8, 4) is 17.6 Å². The van der Waals surface area contributed by atoms with E-state index in [1.807, 2.05) is 30.3 Å². The molecule has 0 aliphatic carbocycles. The third-order valence-electron chi connectivity index (χ3n) is 3.10. The van der Waals surface area contributed by atoms with E-state index in [9.17, 15) is 0 Å². The van der Waals surface area contributed by atoms with E-state index in [4.69, 9.17) is 20.5 Å². The number of nitrogens with two attached hydrogens (primary N) is 1. The van der Waals surface area contributed by atoms with Crippen LogP contribution in [-0.2, 0) is 6.42 Å². The van der Waals surface area contributed by atoms with Gasteiger partial charge in [0.1, 0.15) is 11.5 Å². The van der Waals surface area contributed by atoms with Crippen molar-refractivity contribution in [2.24, 2.45) is 0 Å². The number of nitrogens with zero attached hydrogens (tertiary/aromatic N) is 1. The van der Waals surface area contributed by atoms with E-state index in [-0.39, 0.29) is 6.42 Å². The highest BCUT2D eigenvalue weighted by atomic mass is 16.5. The second-order valence-corrected chi connectivity index (χ2v) is 4.44. The maximum absolute atomic E-state index is 8.81. The largest absolute Gasteiger partial charge is 0.497 e. The molecule has 2 aromatic rings. The minimum Gasteiger partial charge on any atom is -0.497 e. The predicted molar refractivity (Wildman–Crippen MR) is 83.0 cm³/mol. The smallest absolute Gasteiger partial charge is 0.142 e. The van der Waals surface area contributed by atoms with Gasteiger partial charge in [-0.1, -0.05) is 0 Å². The molecule has 0 fully saturated rings. The summed E-state index contributed by atoms with van der Waals surface area (Å²) in [5, 5.41) is 12.1. The van der Waals surface area contributed by atoms with Crippen molar-refractivity contribution in [1.29, 1.82) is 5.26 Å². The molecule has 2 aromatic carbocycles. The maximum atomic E-state index is 8.81. The molecule has 0 spiro atoms. The number of ether oxygens (including phenoxy) is 2. The van der Waals surface area contributed by atoms with Crippen molar-refractivity contribution in [1.82, 2.24) is 0 Å². The summed E-state index contributed by atoms with van der Waals surface area (Å²) in [6.45, 7) is 0. The van der Waals surface area contributed by atoms with E-state index in [0.29, 0.717) is 11.4 Å². The van der Waals surface area contributed by atoms with Gasteiger partial charge in [-0.2, -0.15) is 5.26 Å². The molecule has 2 rings (SSSR count). The number of nitriles is 1. The van der Waals surface area contributed by atoms with Gasteiger partial charge in [0.15, 0.2) is 0 Å². The third-order valence-corrected chi connectivity index (χ3v) is 3.10. The first kappa shape index (κ1) is 14.5. The number of nitrogen functional groups attached to an aromatic ring is 1. The van der Waals surface area contributed by atoms with Crippen molar-refractivity contribution in [2.45, 2.75) is 6.42 Å². The Kier molecular flexibility index (Phi) is 4.52. The molecule has 0 amide bonds. The van der Waals surface area contributed by atoms with E-state index in [1.165, 1.54) is 0 Å². The van der Waals surface area contributed by atoms with Crippen LogP contribution in [0.25, 0.3) is 0 Å². The van der Waals surface area contributed by atoms with Crippen LogP contribution in [0.15, 0.2) is 36.4 Å². The molecule has 0 saturated heterocycles. The van der Waals surface area contributed by atoms with Gasteiger partial charge in [0.2, 0.25) is 0 Å². The van der Waals surface area contributed by atoms with Crippen LogP contribution < -0.4 is 20.5 Å². The molecule has 108 valence electrons. The Morgan fingerprint density at radius 2 is 1.95 bits per heavy atom. The fourth-order valence-electron chi connectivity index (χ4n) is 1.99. The Labute approximate surface area is 123 Å². The number of rotatable bonds is 5. The van der Waals surface area contributed by atoms with Crippen LogP contribution in [0.5, 0.6) is 11.5 Å². The van der Waals surface area contributed by atoms with Gasteiger partial charge >= 0.3 is 0 Å². The summed E-state index contributed by atoms with van der Waals surface area (Å²) < 4.78 is 10.5. The molecule has 0 aromatic heterocycles. The lowest BCUT2D eigenvalue weighted by Crippen LogP contribution is -1.98. The standard InChI is InChI=1S/C16H17N3O2/c1-20-13-4-6-16(21-2)15(10-13)19-12-3-5-14(18)11(9-12)7-8-17/h3-6,9-10,19H,7,18H2,1-2H3. The third kappa shape index (κ3) is 3.37. The zero-order valence-electron chi connectivity index (χ0n) is 12.0. The Morgan fingerprint density at radius 1 is 1.14 bits per heavy atom. The number of benzene rings is 2. The fraction of sp³-hybridized carbons (Fsp3) is 0.188. The van der Waals surface area contributed by atoms with Crippen molar-refractivity contribution < 1.29 is 9.47 Å². The van der Waals surface area contributed by atoms with Crippen LogP contribution in [0.2, 0.25) is 0 Å². The van der Waals surface area contributed by atoms with Crippen molar-refractivity contribution in [2.75, 3.05) is 25.3 Å².